The highest BCUT2D eigenvalue weighted by molar-refractivity contribution is 5.91. The first kappa shape index (κ1) is 13.9. The fourth-order valence-corrected chi connectivity index (χ4v) is 1.65. The van der Waals surface area contributed by atoms with Crippen molar-refractivity contribution in [1.29, 1.82) is 0 Å². The second-order valence-electron chi connectivity index (χ2n) is 4.33. The molecule has 20 heavy (non-hydrogen) atoms. The third-order valence-electron chi connectivity index (χ3n) is 2.77. The van der Waals surface area contributed by atoms with Crippen molar-refractivity contribution in [3.63, 3.8) is 0 Å². The number of nitrogens with one attached hydrogen (secondary N) is 1. The maximum Gasteiger partial charge on any atom is 0.262 e. The van der Waals surface area contributed by atoms with Crippen LogP contribution in [0.5, 0.6) is 5.75 Å². The Morgan fingerprint density at radius 2 is 1.95 bits per heavy atom. The van der Waals surface area contributed by atoms with Gasteiger partial charge in [-0.3, -0.25) is 4.79 Å². The summed E-state index contributed by atoms with van der Waals surface area (Å²) < 4.78 is 18.1. The number of rotatable bonds is 4. The van der Waals surface area contributed by atoms with Crippen LogP contribution in [0.25, 0.3) is 0 Å². The standard InChI is InChI=1S/C15H15FN2O2/c1-10-3-2-4-13(15(10)17)20-9-14(19)18-12-7-5-11(16)6-8-12/h2-8H,9,17H2,1H3,(H,18,19). The summed E-state index contributed by atoms with van der Waals surface area (Å²) in [6.07, 6.45) is 0. The average molecular weight is 274 g/mol. The number of carbonyl (C=O) groups excluding carboxylic acids is 1. The van der Waals surface area contributed by atoms with Crippen molar-refractivity contribution in [2.24, 2.45) is 0 Å². The molecular weight excluding hydrogens is 259 g/mol. The number of benzene rings is 2. The molecule has 0 aromatic heterocycles. The number of halogens is 1. The molecule has 0 atom stereocenters. The molecule has 104 valence electrons. The molecule has 0 radical (unpaired) electrons. The van der Waals surface area contributed by atoms with Crippen molar-refractivity contribution in [2.75, 3.05) is 17.7 Å². The summed E-state index contributed by atoms with van der Waals surface area (Å²) in [7, 11) is 0. The molecule has 0 saturated heterocycles. The maximum absolute atomic E-state index is 12.7. The lowest BCUT2D eigenvalue weighted by Gasteiger charge is -2.10. The van der Waals surface area contributed by atoms with Gasteiger partial charge in [-0.15, -0.1) is 0 Å². The van der Waals surface area contributed by atoms with E-state index in [1.165, 1.54) is 24.3 Å². The van der Waals surface area contributed by atoms with Crippen LogP contribution in [-0.4, -0.2) is 12.5 Å². The SMILES string of the molecule is Cc1cccc(OCC(=O)Nc2ccc(F)cc2)c1N. The van der Waals surface area contributed by atoms with Crippen molar-refractivity contribution in [3.8, 4) is 5.75 Å². The van der Waals surface area contributed by atoms with Crippen molar-refractivity contribution in [2.45, 2.75) is 6.92 Å². The summed E-state index contributed by atoms with van der Waals surface area (Å²) >= 11 is 0. The lowest BCUT2D eigenvalue weighted by Crippen LogP contribution is -2.20. The quantitative estimate of drug-likeness (QED) is 0.842. The average Bonchev–Trinajstić information content (AvgIpc) is 2.43. The van der Waals surface area contributed by atoms with Gasteiger partial charge in [-0.2, -0.15) is 0 Å². The Morgan fingerprint density at radius 1 is 1.25 bits per heavy atom. The molecule has 0 fully saturated rings. The lowest BCUT2D eigenvalue weighted by molar-refractivity contribution is -0.118. The second-order valence-corrected chi connectivity index (χ2v) is 4.33. The first-order chi connectivity index (χ1) is 9.56. The minimum absolute atomic E-state index is 0.162. The molecule has 3 N–H and O–H groups in total. The topological polar surface area (TPSA) is 64.3 Å². The predicted molar refractivity (Wildman–Crippen MR) is 76.1 cm³/mol. The molecule has 0 spiro atoms. The maximum atomic E-state index is 12.7. The molecular formula is C15H15FN2O2. The number of para-hydroxylation sites is 1. The van der Waals surface area contributed by atoms with Crippen LogP contribution in [0.2, 0.25) is 0 Å². The Morgan fingerprint density at radius 3 is 2.65 bits per heavy atom. The zero-order valence-corrected chi connectivity index (χ0v) is 11.0. The van der Waals surface area contributed by atoms with Crippen molar-refractivity contribution < 1.29 is 13.9 Å². The fraction of sp³-hybridized carbons (Fsp3) is 0.133. The Bertz CT molecular complexity index is 612. The number of carbonyl (C=O) groups is 1. The third-order valence-corrected chi connectivity index (χ3v) is 2.77. The van der Waals surface area contributed by atoms with Gasteiger partial charge in [0, 0.05) is 5.69 Å². The van der Waals surface area contributed by atoms with Crippen molar-refractivity contribution in [3.05, 3.63) is 53.8 Å². The smallest absolute Gasteiger partial charge is 0.262 e. The van der Waals surface area contributed by atoms with E-state index in [9.17, 15) is 9.18 Å². The first-order valence-electron chi connectivity index (χ1n) is 6.09. The molecule has 0 bridgehead atoms. The van der Waals surface area contributed by atoms with E-state index >= 15 is 0 Å². The molecule has 0 aliphatic carbocycles. The van der Waals surface area contributed by atoms with Crippen LogP contribution in [0, 0.1) is 12.7 Å². The normalized spacial score (nSPS) is 10.1. The Labute approximate surface area is 116 Å². The van der Waals surface area contributed by atoms with Gasteiger partial charge < -0.3 is 15.8 Å². The van der Waals surface area contributed by atoms with Crippen LogP contribution in [0.15, 0.2) is 42.5 Å². The minimum atomic E-state index is -0.355. The third kappa shape index (κ3) is 3.47. The monoisotopic (exact) mass is 274 g/mol. The van der Waals surface area contributed by atoms with E-state index in [1.54, 1.807) is 12.1 Å². The van der Waals surface area contributed by atoms with Crippen LogP contribution in [0.3, 0.4) is 0 Å². The molecule has 0 aliphatic rings. The molecule has 0 unspecified atom stereocenters. The van der Waals surface area contributed by atoms with Crippen molar-refractivity contribution >= 4 is 17.3 Å². The predicted octanol–water partition coefficient (Wildman–Crippen LogP) is 2.73. The van der Waals surface area contributed by atoms with Crippen molar-refractivity contribution in [1.82, 2.24) is 0 Å². The zero-order chi connectivity index (χ0) is 14.5. The number of ether oxygens (including phenoxy) is 1. The second kappa shape index (κ2) is 6.06. The lowest BCUT2D eigenvalue weighted by atomic mass is 10.2. The van der Waals surface area contributed by atoms with Gasteiger partial charge in [0.05, 0.1) is 5.69 Å². The van der Waals surface area contributed by atoms with Gasteiger partial charge in [0.1, 0.15) is 11.6 Å². The highest BCUT2D eigenvalue weighted by Gasteiger charge is 2.07. The molecule has 1 amide bonds. The van der Waals surface area contributed by atoms with E-state index in [2.05, 4.69) is 5.32 Å². The van der Waals surface area contributed by atoms with Gasteiger partial charge >= 0.3 is 0 Å². The Balaban J connectivity index is 1.92. The van der Waals surface area contributed by atoms with Crippen LogP contribution in [-0.2, 0) is 4.79 Å². The number of aryl methyl sites for hydroxylation is 1. The van der Waals surface area contributed by atoms with Gasteiger partial charge in [-0.1, -0.05) is 12.1 Å². The molecule has 0 heterocycles. The minimum Gasteiger partial charge on any atom is -0.482 e. The number of hydrogen-bond donors (Lipinski definition) is 2. The summed E-state index contributed by atoms with van der Waals surface area (Å²) in [4.78, 5) is 11.7. The van der Waals surface area contributed by atoms with Crippen LogP contribution < -0.4 is 15.8 Å². The van der Waals surface area contributed by atoms with E-state index in [1.807, 2.05) is 13.0 Å². The summed E-state index contributed by atoms with van der Waals surface area (Å²) in [5.74, 6) is -0.219. The van der Waals surface area contributed by atoms with Gasteiger partial charge in [-0.25, -0.2) is 4.39 Å². The van der Waals surface area contributed by atoms with E-state index in [0.29, 0.717) is 17.1 Å². The van der Waals surface area contributed by atoms with E-state index in [-0.39, 0.29) is 18.3 Å². The van der Waals surface area contributed by atoms with Gasteiger partial charge in [0.15, 0.2) is 6.61 Å². The summed E-state index contributed by atoms with van der Waals surface area (Å²) in [5.41, 5.74) is 7.76. The van der Waals surface area contributed by atoms with E-state index in [4.69, 9.17) is 10.5 Å². The zero-order valence-electron chi connectivity index (χ0n) is 11.0. The number of anilines is 2. The molecule has 4 nitrogen and oxygen atoms in total. The molecule has 2 aromatic carbocycles. The molecule has 2 rings (SSSR count). The first-order valence-corrected chi connectivity index (χ1v) is 6.09. The highest BCUT2D eigenvalue weighted by Crippen LogP contribution is 2.24. The fourth-order valence-electron chi connectivity index (χ4n) is 1.65. The molecule has 0 aliphatic heterocycles. The van der Waals surface area contributed by atoms with Crippen LogP contribution >= 0.6 is 0 Å². The summed E-state index contributed by atoms with van der Waals surface area (Å²) in [6, 6.07) is 10.9. The molecule has 0 saturated carbocycles. The Hall–Kier alpha value is -2.56. The molecule has 2 aromatic rings. The number of amides is 1. The van der Waals surface area contributed by atoms with E-state index < -0.39 is 0 Å². The summed E-state index contributed by atoms with van der Waals surface area (Å²) in [5, 5.41) is 2.60. The van der Waals surface area contributed by atoms with Crippen LogP contribution in [0.1, 0.15) is 5.56 Å². The highest BCUT2D eigenvalue weighted by atomic mass is 19.1. The van der Waals surface area contributed by atoms with Crippen LogP contribution in [0.4, 0.5) is 15.8 Å². The largest absolute Gasteiger partial charge is 0.482 e. The van der Waals surface area contributed by atoms with Gasteiger partial charge in [-0.05, 0) is 42.8 Å². The Kier molecular flexibility index (Phi) is 4.20. The van der Waals surface area contributed by atoms with Gasteiger partial charge in [0.25, 0.3) is 5.91 Å². The van der Waals surface area contributed by atoms with E-state index in [0.717, 1.165) is 5.56 Å². The summed E-state index contributed by atoms with van der Waals surface area (Å²) in [6.45, 7) is 1.70. The number of nitrogen functional groups attached to an aromatic ring is 1. The molecule has 5 heteroatoms. The number of nitrogens with two attached hydrogens (primary N) is 1. The van der Waals surface area contributed by atoms with Gasteiger partial charge in [0.2, 0.25) is 0 Å². The number of hydrogen-bond acceptors (Lipinski definition) is 3.